The second-order valence-electron chi connectivity index (χ2n) is 10.5. The van der Waals surface area contributed by atoms with Crippen LogP contribution in [0.2, 0.25) is 0 Å². The van der Waals surface area contributed by atoms with Gasteiger partial charge in [-0.2, -0.15) is 0 Å². The van der Waals surface area contributed by atoms with Crippen LogP contribution in [0.4, 0.5) is 4.39 Å². The predicted molar refractivity (Wildman–Crippen MR) is 143 cm³/mol. The summed E-state index contributed by atoms with van der Waals surface area (Å²) in [5, 5.41) is 2.99. The number of carbonyl (C=O) groups is 2. The molecule has 196 valence electrons. The smallest absolute Gasteiger partial charge is 0.254 e. The van der Waals surface area contributed by atoms with Crippen LogP contribution in [0.5, 0.6) is 11.5 Å². The first kappa shape index (κ1) is 25.8. The first-order valence-electron chi connectivity index (χ1n) is 12.9. The Bertz CT molecular complexity index is 1200. The monoisotopic (exact) mass is 570 g/mol. The van der Waals surface area contributed by atoms with E-state index in [-0.39, 0.29) is 28.8 Å². The van der Waals surface area contributed by atoms with Gasteiger partial charge in [-0.05, 0) is 86.3 Å². The van der Waals surface area contributed by atoms with Gasteiger partial charge in [0.1, 0.15) is 17.3 Å². The fourth-order valence-corrected chi connectivity index (χ4v) is 5.71. The number of methoxy groups -OCH3 is 1. The molecule has 0 aromatic heterocycles. The maximum Gasteiger partial charge on any atom is 0.254 e. The predicted octanol–water partition coefficient (Wildman–Crippen LogP) is 5.60. The van der Waals surface area contributed by atoms with Gasteiger partial charge in [0.05, 0.1) is 19.3 Å². The fraction of sp³-hybridized carbons (Fsp3) is 0.448. The molecule has 0 radical (unpaired) electrons. The third-order valence-electron chi connectivity index (χ3n) is 7.79. The zero-order valence-corrected chi connectivity index (χ0v) is 22.6. The number of likely N-dealkylation sites (tertiary alicyclic amines) is 1. The number of carbonyl (C=O) groups excluding carboxylic acids is 2. The number of ether oxygens (including phenoxy) is 2. The molecule has 2 saturated carbocycles. The van der Waals surface area contributed by atoms with Gasteiger partial charge in [0.15, 0.2) is 0 Å². The lowest BCUT2D eigenvalue weighted by atomic mass is 9.60. The summed E-state index contributed by atoms with van der Waals surface area (Å²) in [4.78, 5) is 27.3. The number of rotatable bonds is 8. The lowest BCUT2D eigenvalue weighted by Crippen LogP contribution is -2.55. The third-order valence-corrected chi connectivity index (χ3v) is 8.29. The Balaban J connectivity index is 1.08. The van der Waals surface area contributed by atoms with E-state index in [4.69, 9.17) is 9.47 Å². The largest absolute Gasteiger partial charge is 0.496 e. The minimum atomic E-state index is -0.555. The van der Waals surface area contributed by atoms with Gasteiger partial charge in [0, 0.05) is 41.3 Å². The quantitative estimate of drug-likeness (QED) is 0.419. The number of nitrogens with one attached hydrogen (secondary N) is 1. The Morgan fingerprint density at radius 1 is 1.16 bits per heavy atom. The summed E-state index contributed by atoms with van der Waals surface area (Å²) in [7, 11) is 1.61. The topological polar surface area (TPSA) is 67.9 Å². The van der Waals surface area contributed by atoms with Crippen molar-refractivity contribution < 1.29 is 23.5 Å². The zero-order valence-electron chi connectivity index (χ0n) is 21.0. The summed E-state index contributed by atoms with van der Waals surface area (Å²) >= 11 is 3.45. The van der Waals surface area contributed by atoms with E-state index >= 15 is 0 Å². The molecule has 0 unspecified atom stereocenters. The Morgan fingerprint density at radius 2 is 1.92 bits per heavy atom. The Kier molecular flexibility index (Phi) is 7.56. The van der Waals surface area contributed by atoms with Crippen LogP contribution in [0, 0.1) is 17.2 Å². The molecule has 1 saturated heterocycles. The maximum absolute atomic E-state index is 14.5. The summed E-state index contributed by atoms with van der Waals surface area (Å²) in [6.07, 6.45) is 9.24. The van der Waals surface area contributed by atoms with E-state index in [1.807, 2.05) is 23.1 Å². The number of nitrogens with zero attached hydrogens (tertiary/aromatic N) is 1. The number of hydrogen-bond donors (Lipinski definition) is 1. The van der Waals surface area contributed by atoms with Crippen molar-refractivity contribution in [3.63, 3.8) is 0 Å². The summed E-state index contributed by atoms with van der Waals surface area (Å²) in [6, 6.07) is 10.2. The minimum Gasteiger partial charge on any atom is -0.496 e. The van der Waals surface area contributed by atoms with Crippen LogP contribution in [-0.4, -0.2) is 49.6 Å². The van der Waals surface area contributed by atoms with Crippen molar-refractivity contribution in [3.05, 3.63) is 63.9 Å². The van der Waals surface area contributed by atoms with E-state index in [2.05, 4.69) is 21.2 Å². The highest BCUT2D eigenvalue weighted by atomic mass is 79.9. The van der Waals surface area contributed by atoms with Crippen LogP contribution >= 0.6 is 15.9 Å². The summed E-state index contributed by atoms with van der Waals surface area (Å²) < 4.78 is 26.4. The average Bonchev–Trinajstić information content (AvgIpc) is 3.70. The van der Waals surface area contributed by atoms with E-state index in [9.17, 15) is 14.0 Å². The van der Waals surface area contributed by atoms with Gasteiger partial charge in [0.2, 0.25) is 5.91 Å². The molecule has 8 heteroatoms. The van der Waals surface area contributed by atoms with Gasteiger partial charge in [-0.25, -0.2) is 4.39 Å². The molecule has 3 aliphatic rings. The summed E-state index contributed by atoms with van der Waals surface area (Å²) in [5.41, 5.74) is 1.03. The molecule has 5 rings (SSSR count). The highest BCUT2D eigenvalue weighted by Crippen LogP contribution is 2.49. The molecule has 2 amide bonds. The average molecular weight is 571 g/mol. The van der Waals surface area contributed by atoms with E-state index in [0.717, 1.165) is 35.7 Å². The summed E-state index contributed by atoms with van der Waals surface area (Å²) in [6.45, 7) is 1.99. The molecule has 1 spiro atoms. The van der Waals surface area contributed by atoms with Crippen molar-refractivity contribution in [1.29, 1.82) is 0 Å². The zero-order chi connectivity index (χ0) is 26.0. The Labute approximate surface area is 225 Å². The second-order valence-corrected chi connectivity index (χ2v) is 11.4. The second kappa shape index (κ2) is 10.9. The molecule has 2 aromatic rings. The van der Waals surface area contributed by atoms with Crippen LogP contribution in [-0.2, 0) is 4.79 Å². The normalized spacial score (nSPS) is 19.1. The lowest BCUT2D eigenvalue weighted by Gasteiger charge is -2.52. The molecule has 0 bridgehead atoms. The number of hydrogen-bond acceptors (Lipinski definition) is 4. The molecule has 2 aromatic carbocycles. The standard InChI is InChI=1S/C29H32BrFN2O4/c1-36-26-8-5-21(30)14-20(26)4-9-27(34)33-12-10-29(11-13-33)16-22(17-29)32-28(35)24-7-6-23(15-25(24)31)37-18-19-2-3-19/h4-9,14-15,19,22H,2-3,10-13,16-18H2,1H3,(H,32,35)/b9-4+. The lowest BCUT2D eigenvalue weighted by molar-refractivity contribution is -0.129. The molecule has 2 aliphatic carbocycles. The van der Waals surface area contributed by atoms with E-state index in [0.29, 0.717) is 37.1 Å². The molecule has 3 fully saturated rings. The fourth-order valence-electron chi connectivity index (χ4n) is 5.33. The van der Waals surface area contributed by atoms with Gasteiger partial charge in [-0.3, -0.25) is 9.59 Å². The van der Waals surface area contributed by atoms with Gasteiger partial charge in [-0.1, -0.05) is 15.9 Å². The van der Waals surface area contributed by atoms with E-state index < -0.39 is 5.82 Å². The van der Waals surface area contributed by atoms with Gasteiger partial charge >= 0.3 is 0 Å². The van der Waals surface area contributed by atoms with Crippen LogP contribution < -0.4 is 14.8 Å². The van der Waals surface area contributed by atoms with Crippen LogP contribution in [0.3, 0.4) is 0 Å². The molecule has 0 atom stereocenters. The molecule has 1 aliphatic heterocycles. The van der Waals surface area contributed by atoms with Crippen molar-refractivity contribution in [2.45, 2.75) is 44.6 Å². The highest BCUT2D eigenvalue weighted by molar-refractivity contribution is 9.10. The van der Waals surface area contributed by atoms with Crippen molar-refractivity contribution >= 4 is 33.8 Å². The van der Waals surface area contributed by atoms with E-state index in [1.54, 1.807) is 25.3 Å². The summed E-state index contributed by atoms with van der Waals surface area (Å²) in [5.74, 6) is 0.813. The van der Waals surface area contributed by atoms with Crippen LogP contribution in [0.15, 0.2) is 46.9 Å². The van der Waals surface area contributed by atoms with E-state index in [1.165, 1.54) is 25.0 Å². The molecule has 37 heavy (non-hydrogen) atoms. The first-order valence-corrected chi connectivity index (χ1v) is 13.7. The molecule has 6 nitrogen and oxygen atoms in total. The van der Waals surface area contributed by atoms with Crippen molar-refractivity contribution in [1.82, 2.24) is 10.2 Å². The molecular weight excluding hydrogens is 539 g/mol. The van der Waals surface area contributed by atoms with Crippen molar-refractivity contribution in [2.75, 3.05) is 26.8 Å². The van der Waals surface area contributed by atoms with Crippen molar-refractivity contribution in [2.24, 2.45) is 11.3 Å². The minimum absolute atomic E-state index is 0.0129. The Hall–Kier alpha value is -2.87. The number of benzene rings is 2. The SMILES string of the molecule is COc1ccc(Br)cc1/C=C/C(=O)N1CCC2(CC1)CC(NC(=O)c1ccc(OCC3CC3)cc1F)C2. The number of halogens is 2. The molecule has 1 heterocycles. The van der Waals surface area contributed by atoms with Crippen LogP contribution in [0.25, 0.3) is 6.08 Å². The first-order chi connectivity index (χ1) is 17.8. The van der Waals surface area contributed by atoms with Crippen LogP contribution in [0.1, 0.15) is 54.4 Å². The Morgan fingerprint density at radius 3 is 2.59 bits per heavy atom. The number of amides is 2. The highest BCUT2D eigenvalue weighted by Gasteiger charge is 2.46. The van der Waals surface area contributed by atoms with Gasteiger partial charge in [0.25, 0.3) is 5.91 Å². The molecule has 1 N–H and O–H groups in total. The van der Waals surface area contributed by atoms with Gasteiger partial charge < -0.3 is 19.7 Å². The third kappa shape index (κ3) is 6.17. The molecular formula is C29H32BrFN2O4. The maximum atomic E-state index is 14.5. The number of piperidine rings is 1. The van der Waals surface area contributed by atoms with Gasteiger partial charge in [-0.15, -0.1) is 0 Å². The van der Waals surface area contributed by atoms with Crippen molar-refractivity contribution in [3.8, 4) is 11.5 Å².